The third-order valence-electron chi connectivity index (χ3n) is 2.51. The summed E-state index contributed by atoms with van der Waals surface area (Å²) in [5.74, 6) is -0.384. The molecule has 1 aromatic heterocycles. The number of H-pyrrole nitrogens is 1. The van der Waals surface area contributed by atoms with E-state index in [0.29, 0.717) is 23.1 Å². The molecule has 0 bridgehead atoms. The first-order valence-electron chi connectivity index (χ1n) is 5.03. The van der Waals surface area contributed by atoms with Crippen LogP contribution >= 0.6 is 0 Å². The van der Waals surface area contributed by atoms with Crippen LogP contribution in [0.4, 0.5) is 4.39 Å². The largest absolute Gasteiger partial charge is 0.370 e. The van der Waals surface area contributed by atoms with Crippen molar-refractivity contribution in [2.75, 3.05) is 7.11 Å². The van der Waals surface area contributed by atoms with Crippen LogP contribution in [0.15, 0.2) is 30.5 Å². The number of halogens is 1. The second-order valence-electron chi connectivity index (χ2n) is 3.49. The fourth-order valence-electron chi connectivity index (χ4n) is 1.70. The Kier molecular flexibility index (Phi) is 3.30. The average Bonchev–Trinajstić information content (AvgIpc) is 2.81. The quantitative estimate of drug-likeness (QED) is 0.824. The van der Waals surface area contributed by atoms with Crippen LogP contribution in [-0.2, 0) is 4.74 Å². The summed E-state index contributed by atoms with van der Waals surface area (Å²) in [5, 5.41) is 6.42. The zero-order valence-electron chi connectivity index (χ0n) is 9.18. The lowest BCUT2D eigenvalue weighted by Crippen LogP contribution is -2.08. The number of carbonyl (C=O) groups excluding carboxylic acids is 1. The van der Waals surface area contributed by atoms with Crippen LogP contribution in [0.3, 0.4) is 0 Å². The lowest BCUT2D eigenvalue weighted by Gasteiger charge is -2.15. The van der Waals surface area contributed by atoms with Crippen molar-refractivity contribution in [3.05, 3.63) is 53.1 Å². The maximum absolute atomic E-state index is 13.7. The Balaban J connectivity index is 2.47. The van der Waals surface area contributed by atoms with Gasteiger partial charge in [0.1, 0.15) is 11.9 Å². The normalized spacial score (nSPS) is 12.4. The Morgan fingerprint density at radius 2 is 2.24 bits per heavy atom. The van der Waals surface area contributed by atoms with Crippen molar-refractivity contribution in [3.63, 3.8) is 0 Å². The van der Waals surface area contributed by atoms with E-state index in [4.69, 9.17) is 4.74 Å². The molecule has 88 valence electrons. The van der Waals surface area contributed by atoms with E-state index in [1.165, 1.54) is 19.4 Å². The van der Waals surface area contributed by atoms with Gasteiger partial charge >= 0.3 is 0 Å². The fraction of sp³-hybridized carbons (Fsp3) is 0.167. The molecule has 0 radical (unpaired) electrons. The van der Waals surface area contributed by atoms with Crippen LogP contribution in [0.25, 0.3) is 0 Å². The van der Waals surface area contributed by atoms with E-state index in [0.717, 1.165) is 0 Å². The van der Waals surface area contributed by atoms with E-state index in [1.54, 1.807) is 18.2 Å². The SMILES string of the molecule is COC(c1ccccc1F)c1[nH]ncc1C=O. The lowest BCUT2D eigenvalue weighted by atomic mass is 10.0. The summed E-state index contributed by atoms with van der Waals surface area (Å²) in [4.78, 5) is 10.8. The number of benzene rings is 1. The number of aromatic nitrogens is 2. The Labute approximate surface area is 97.4 Å². The van der Waals surface area contributed by atoms with Gasteiger partial charge in [-0.25, -0.2) is 4.39 Å². The highest BCUT2D eigenvalue weighted by molar-refractivity contribution is 5.76. The number of ether oxygens (including phenoxy) is 1. The molecule has 1 aromatic carbocycles. The Morgan fingerprint density at radius 3 is 2.88 bits per heavy atom. The highest BCUT2D eigenvalue weighted by atomic mass is 19.1. The summed E-state index contributed by atoms with van der Waals surface area (Å²) in [6.07, 6.45) is 1.37. The highest BCUT2D eigenvalue weighted by Crippen LogP contribution is 2.27. The van der Waals surface area contributed by atoms with E-state index >= 15 is 0 Å². The van der Waals surface area contributed by atoms with E-state index in [1.807, 2.05) is 0 Å². The third-order valence-corrected chi connectivity index (χ3v) is 2.51. The number of aromatic amines is 1. The average molecular weight is 234 g/mol. The molecule has 1 atom stereocenters. The molecule has 0 saturated carbocycles. The van der Waals surface area contributed by atoms with Crippen molar-refractivity contribution in [2.24, 2.45) is 0 Å². The smallest absolute Gasteiger partial charge is 0.153 e. The fourth-order valence-corrected chi connectivity index (χ4v) is 1.70. The van der Waals surface area contributed by atoms with Crippen molar-refractivity contribution in [3.8, 4) is 0 Å². The first kappa shape index (κ1) is 11.5. The number of nitrogens with zero attached hydrogens (tertiary/aromatic N) is 1. The zero-order valence-corrected chi connectivity index (χ0v) is 9.18. The van der Waals surface area contributed by atoms with Crippen molar-refractivity contribution in [1.82, 2.24) is 10.2 Å². The Hall–Kier alpha value is -2.01. The number of aldehydes is 1. The maximum Gasteiger partial charge on any atom is 0.153 e. The van der Waals surface area contributed by atoms with Crippen LogP contribution in [0.2, 0.25) is 0 Å². The van der Waals surface area contributed by atoms with Gasteiger partial charge in [-0.1, -0.05) is 18.2 Å². The third kappa shape index (κ3) is 2.09. The molecular weight excluding hydrogens is 223 g/mol. The van der Waals surface area contributed by atoms with Gasteiger partial charge in [-0.05, 0) is 6.07 Å². The zero-order chi connectivity index (χ0) is 12.3. The van der Waals surface area contributed by atoms with Crippen molar-refractivity contribution in [2.45, 2.75) is 6.10 Å². The van der Waals surface area contributed by atoms with Crippen LogP contribution in [-0.4, -0.2) is 23.6 Å². The molecule has 4 nitrogen and oxygen atoms in total. The van der Waals surface area contributed by atoms with Gasteiger partial charge in [0.05, 0.1) is 17.5 Å². The molecule has 17 heavy (non-hydrogen) atoms. The summed E-state index contributed by atoms with van der Waals surface area (Å²) < 4.78 is 18.9. The van der Waals surface area contributed by atoms with Crippen molar-refractivity contribution in [1.29, 1.82) is 0 Å². The van der Waals surface area contributed by atoms with Crippen LogP contribution < -0.4 is 0 Å². The van der Waals surface area contributed by atoms with Gasteiger partial charge in [-0.15, -0.1) is 0 Å². The maximum atomic E-state index is 13.7. The van der Waals surface area contributed by atoms with Gasteiger partial charge in [-0.2, -0.15) is 5.10 Å². The summed E-state index contributed by atoms with van der Waals surface area (Å²) in [6.45, 7) is 0. The molecule has 1 unspecified atom stereocenters. The monoisotopic (exact) mass is 234 g/mol. The molecule has 1 heterocycles. The van der Waals surface area contributed by atoms with Gasteiger partial charge in [0.15, 0.2) is 6.29 Å². The van der Waals surface area contributed by atoms with E-state index < -0.39 is 6.10 Å². The minimum absolute atomic E-state index is 0.361. The molecule has 0 aliphatic carbocycles. The second kappa shape index (κ2) is 4.88. The molecule has 0 aliphatic heterocycles. The number of hydrogen-bond acceptors (Lipinski definition) is 3. The first-order chi connectivity index (χ1) is 8.27. The predicted octanol–water partition coefficient (Wildman–Crippen LogP) is 2.10. The molecule has 1 N–H and O–H groups in total. The van der Waals surface area contributed by atoms with E-state index in [9.17, 15) is 9.18 Å². The van der Waals surface area contributed by atoms with Crippen LogP contribution in [0.1, 0.15) is 27.7 Å². The number of methoxy groups -OCH3 is 1. The van der Waals surface area contributed by atoms with Crippen LogP contribution in [0, 0.1) is 5.82 Å². The van der Waals surface area contributed by atoms with Gasteiger partial charge in [0.2, 0.25) is 0 Å². The molecule has 0 saturated heterocycles. The predicted molar refractivity (Wildman–Crippen MR) is 59.2 cm³/mol. The van der Waals surface area contributed by atoms with Crippen molar-refractivity contribution < 1.29 is 13.9 Å². The molecule has 0 spiro atoms. The Morgan fingerprint density at radius 1 is 1.47 bits per heavy atom. The summed E-state index contributed by atoms with van der Waals surface area (Å²) in [6, 6.07) is 6.26. The molecule has 2 rings (SSSR count). The second-order valence-corrected chi connectivity index (χ2v) is 3.49. The minimum atomic E-state index is -0.668. The minimum Gasteiger partial charge on any atom is -0.370 e. The summed E-state index contributed by atoms with van der Waals surface area (Å²) in [5.41, 5.74) is 1.18. The number of nitrogens with one attached hydrogen (secondary N) is 1. The number of rotatable bonds is 4. The molecule has 2 aromatic rings. The number of hydrogen-bond donors (Lipinski definition) is 1. The van der Waals surface area contributed by atoms with Gasteiger partial charge in [0.25, 0.3) is 0 Å². The standard InChI is InChI=1S/C12H11FN2O2/c1-17-12(9-4-2-3-5-10(9)13)11-8(7-16)6-14-15-11/h2-7,12H,1H3,(H,14,15). The summed E-state index contributed by atoms with van der Waals surface area (Å²) >= 11 is 0. The summed E-state index contributed by atoms with van der Waals surface area (Å²) in [7, 11) is 1.45. The molecule has 0 fully saturated rings. The topological polar surface area (TPSA) is 55.0 Å². The van der Waals surface area contributed by atoms with Gasteiger partial charge in [0, 0.05) is 12.7 Å². The Bertz CT molecular complexity index is 525. The molecule has 0 amide bonds. The molecule has 0 aliphatic rings. The first-order valence-corrected chi connectivity index (χ1v) is 5.03. The highest BCUT2D eigenvalue weighted by Gasteiger charge is 2.21. The molecule has 5 heteroatoms. The number of carbonyl (C=O) groups is 1. The lowest BCUT2D eigenvalue weighted by molar-refractivity contribution is 0.110. The van der Waals surface area contributed by atoms with E-state index in [-0.39, 0.29) is 5.82 Å². The van der Waals surface area contributed by atoms with Gasteiger partial charge < -0.3 is 4.74 Å². The van der Waals surface area contributed by atoms with Crippen LogP contribution in [0.5, 0.6) is 0 Å². The van der Waals surface area contributed by atoms with Gasteiger partial charge in [-0.3, -0.25) is 9.89 Å². The molecular formula is C12H11FN2O2. The van der Waals surface area contributed by atoms with E-state index in [2.05, 4.69) is 10.2 Å². The van der Waals surface area contributed by atoms with Crippen molar-refractivity contribution >= 4 is 6.29 Å².